The molecule has 3 aliphatic heterocycles. The number of fused-ring (bicyclic) bond motifs is 1. The maximum absolute atomic E-state index is 9.28. The predicted octanol–water partition coefficient (Wildman–Crippen LogP) is 2.98. The van der Waals surface area contributed by atoms with E-state index >= 15 is 0 Å². The summed E-state index contributed by atoms with van der Waals surface area (Å²) in [6.07, 6.45) is 5.09. The van der Waals surface area contributed by atoms with E-state index in [0.717, 1.165) is 75.7 Å². The summed E-state index contributed by atoms with van der Waals surface area (Å²) in [5, 5.41) is 12.7. The maximum Gasteiger partial charge on any atom is 0.134 e. The van der Waals surface area contributed by atoms with E-state index in [1.54, 1.807) is 18.3 Å². The second-order valence-electron chi connectivity index (χ2n) is 10.3. The SMILES string of the molecule is C=NCC1(c2cc(Nc3cc(C#N)ccn3)nc(N3CC4CC4C3)c2)CCN(C2COC2)CC1. The van der Waals surface area contributed by atoms with E-state index in [2.05, 4.69) is 50.0 Å². The number of aliphatic imine (C=N–C) groups is 1. The van der Waals surface area contributed by atoms with Gasteiger partial charge in [0, 0.05) is 31.2 Å². The lowest BCUT2D eigenvalue weighted by Gasteiger charge is -2.46. The minimum absolute atomic E-state index is 0.0540. The number of ether oxygens (including phenoxy) is 1. The first kappa shape index (κ1) is 21.5. The van der Waals surface area contributed by atoms with Crippen LogP contribution in [0.2, 0.25) is 0 Å². The molecule has 8 nitrogen and oxygen atoms in total. The fraction of sp³-hybridized carbons (Fsp3) is 0.538. The molecule has 1 saturated carbocycles. The molecule has 3 saturated heterocycles. The third kappa shape index (κ3) is 4.04. The van der Waals surface area contributed by atoms with E-state index in [4.69, 9.17) is 9.72 Å². The molecule has 2 atom stereocenters. The fourth-order valence-corrected chi connectivity index (χ4v) is 5.84. The van der Waals surface area contributed by atoms with Crippen LogP contribution < -0.4 is 10.2 Å². The monoisotopic (exact) mass is 457 g/mol. The Morgan fingerprint density at radius 2 is 1.97 bits per heavy atom. The van der Waals surface area contributed by atoms with E-state index in [0.29, 0.717) is 24.0 Å². The highest BCUT2D eigenvalue weighted by Crippen LogP contribution is 2.47. The molecule has 0 bridgehead atoms. The molecule has 0 spiro atoms. The molecule has 0 radical (unpaired) electrons. The van der Waals surface area contributed by atoms with Crippen LogP contribution in [0.25, 0.3) is 0 Å². The summed E-state index contributed by atoms with van der Waals surface area (Å²) in [4.78, 5) is 18.8. The van der Waals surface area contributed by atoms with Crippen molar-refractivity contribution in [1.82, 2.24) is 14.9 Å². The standard InChI is InChI=1S/C26H31N7O/c1-28-17-26(3-6-32(7-4-26)22-15-34-16-22)21-10-24(30-23-8-18(12-27)2-5-29-23)31-25(11-21)33-13-19-9-20(19)14-33/h2,5,8,10-11,19-20,22H,1,3-4,6-7,9,13-17H2,(H,29,30,31). The molecule has 2 unspecified atom stereocenters. The highest BCUT2D eigenvalue weighted by Gasteiger charge is 2.46. The molecule has 2 aromatic heterocycles. The van der Waals surface area contributed by atoms with Gasteiger partial charge in [0.05, 0.1) is 30.9 Å². The van der Waals surface area contributed by atoms with E-state index in [1.807, 2.05) is 0 Å². The average Bonchev–Trinajstić information content (AvgIpc) is 3.44. The molecule has 4 fully saturated rings. The number of hydrogen-bond donors (Lipinski definition) is 1. The van der Waals surface area contributed by atoms with Crippen LogP contribution in [0, 0.1) is 23.2 Å². The number of nitriles is 1. The van der Waals surface area contributed by atoms with Crippen molar-refractivity contribution in [2.45, 2.75) is 30.7 Å². The third-order valence-corrected chi connectivity index (χ3v) is 8.18. The molecule has 34 heavy (non-hydrogen) atoms. The zero-order valence-electron chi connectivity index (χ0n) is 19.5. The normalized spacial score (nSPS) is 25.8. The summed E-state index contributed by atoms with van der Waals surface area (Å²) < 4.78 is 5.43. The van der Waals surface area contributed by atoms with Crippen molar-refractivity contribution in [2.75, 3.05) is 56.2 Å². The van der Waals surface area contributed by atoms with Crippen molar-refractivity contribution in [1.29, 1.82) is 5.26 Å². The minimum Gasteiger partial charge on any atom is -0.378 e. The summed E-state index contributed by atoms with van der Waals surface area (Å²) >= 11 is 0. The number of nitrogens with zero attached hydrogens (tertiary/aromatic N) is 6. The number of piperidine rings is 2. The molecular formula is C26H31N7O. The van der Waals surface area contributed by atoms with E-state index in [9.17, 15) is 5.26 Å². The number of hydrogen-bond acceptors (Lipinski definition) is 8. The van der Waals surface area contributed by atoms with Crippen LogP contribution in [-0.2, 0) is 10.2 Å². The van der Waals surface area contributed by atoms with Crippen LogP contribution in [0.15, 0.2) is 35.5 Å². The van der Waals surface area contributed by atoms with Crippen molar-refractivity contribution in [3.8, 4) is 6.07 Å². The molecule has 1 aliphatic carbocycles. The van der Waals surface area contributed by atoms with Crippen molar-refractivity contribution >= 4 is 24.2 Å². The Morgan fingerprint density at radius 1 is 1.18 bits per heavy atom. The summed E-state index contributed by atoms with van der Waals surface area (Å²) in [7, 11) is 0. The van der Waals surface area contributed by atoms with Gasteiger partial charge in [0.25, 0.3) is 0 Å². The smallest absolute Gasteiger partial charge is 0.134 e. The molecule has 8 heteroatoms. The molecule has 176 valence electrons. The Hall–Kier alpha value is -3.02. The molecule has 4 aliphatic rings. The molecule has 0 aromatic carbocycles. The average molecular weight is 458 g/mol. The Labute approximate surface area is 200 Å². The van der Waals surface area contributed by atoms with E-state index in [1.165, 1.54) is 12.0 Å². The largest absolute Gasteiger partial charge is 0.378 e. The zero-order chi connectivity index (χ0) is 23.1. The van der Waals surface area contributed by atoms with Crippen molar-refractivity contribution in [2.24, 2.45) is 16.8 Å². The van der Waals surface area contributed by atoms with Gasteiger partial charge >= 0.3 is 0 Å². The van der Waals surface area contributed by atoms with Crippen LogP contribution in [0.3, 0.4) is 0 Å². The second-order valence-corrected chi connectivity index (χ2v) is 10.3. The van der Waals surface area contributed by atoms with Crippen LogP contribution in [-0.4, -0.2) is 73.6 Å². The summed E-state index contributed by atoms with van der Waals surface area (Å²) in [6.45, 7) is 10.5. The third-order valence-electron chi connectivity index (χ3n) is 8.18. The molecular weight excluding hydrogens is 426 g/mol. The summed E-state index contributed by atoms with van der Waals surface area (Å²) in [5.41, 5.74) is 1.80. The summed E-state index contributed by atoms with van der Waals surface area (Å²) in [6, 6.07) is 10.7. The van der Waals surface area contributed by atoms with E-state index < -0.39 is 0 Å². The highest BCUT2D eigenvalue weighted by atomic mass is 16.5. The fourth-order valence-electron chi connectivity index (χ4n) is 5.84. The van der Waals surface area contributed by atoms with Gasteiger partial charge in [-0.05, 0) is 80.7 Å². The van der Waals surface area contributed by atoms with Crippen molar-refractivity contribution in [3.05, 3.63) is 41.6 Å². The van der Waals surface area contributed by atoms with Gasteiger partial charge in [-0.3, -0.25) is 4.90 Å². The number of rotatable bonds is 7. The molecule has 1 N–H and O–H groups in total. The van der Waals surface area contributed by atoms with Gasteiger partial charge in [-0.15, -0.1) is 0 Å². The van der Waals surface area contributed by atoms with Gasteiger partial charge in [0.15, 0.2) is 0 Å². The lowest BCUT2D eigenvalue weighted by atomic mass is 9.72. The Balaban J connectivity index is 1.33. The van der Waals surface area contributed by atoms with Crippen LogP contribution in [0.1, 0.15) is 30.4 Å². The molecule has 0 amide bonds. The Kier molecular flexibility index (Phi) is 5.47. The van der Waals surface area contributed by atoms with Gasteiger partial charge in [-0.1, -0.05) is 0 Å². The topological polar surface area (TPSA) is 89.7 Å². The van der Waals surface area contributed by atoms with Crippen LogP contribution >= 0.6 is 0 Å². The number of pyridine rings is 2. The highest BCUT2D eigenvalue weighted by molar-refractivity contribution is 5.60. The number of anilines is 3. The predicted molar refractivity (Wildman–Crippen MR) is 132 cm³/mol. The van der Waals surface area contributed by atoms with E-state index in [-0.39, 0.29) is 5.41 Å². The molecule has 2 aromatic rings. The lowest BCUT2D eigenvalue weighted by Crippen LogP contribution is -2.54. The zero-order valence-corrected chi connectivity index (χ0v) is 19.5. The van der Waals surface area contributed by atoms with Crippen LogP contribution in [0.4, 0.5) is 17.5 Å². The van der Waals surface area contributed by atoms with Gasteiger partial charge in [0.2, 0.25) is 0 Å². The first-order chi connectivity index (χ1) is 16.7. The number of aromatic nitrogens is 2. The van der Waals surface area contributed by atoms with Crippen LogP contribution in [0.5, 0.6) is 0 Å². The maximum atomic E-state index is 9.28. The van der Waals surface area contributed by atoms with Gasteiger partial charge < -0.3 is 19.9 Å². The molecule has 6 rings (SSSR count). The molecule has 5 heterocycles. The summed E-state index contributed by atoms with van der Waals surface area (Å²) in [5.74, 6) is 4.09. The van der Waals surface area contributed by atoms with Gasteiger partial charge in [-0.25, -0.2) is 9.97 Å². The Bertz CT molecular complexity index is 1110. The first-order valence-corrected chi connectivity index (χ1v) is 12.3. The first-order valence-electron chi connectivity index (χ1n) is 12.3. The lowest BCUT2D eigenvalue weighted by molar-refractivity contribution is -0.0754. The van der Waals surface area contributed by atoms with Crippen molar-refractivity contribution in [3.63, 3.8) is 0 Å². The minimum atomic E-state index is -0.0540. The number of nitrogens with one attached hydrogen (secondary N) is 1. The Morgan fingerprint density at radius 3 is 2.65 bits per heavy atom. The van der Waals surface area contributed by atoms with Crippen molar-refractivity contribution < 1.29 is 4.74 Å². The number of likely N-dealkylation sites (tertiary alicyclic amines) is 1. The quantitative estimate of drug-likeness (QED) is 0.639. The second kappa shape index (κ2) is 8.64. The van der Waals surface area contributed by atoms with Gasteiger partial charge in [0.1, 0.15) is 17.5 Å². The van der Waals surface area contributed by atoms with Gasteiger partial charge in [-0.2, -0.15) is 5.26 Å².